The van der Waals surface area contributed by atoms with Crippen LogP contribution in [0.3, 0.4) is 0 Å². The minimum absolute atomic E-state index is 0.0272. The maximum Gasteiger partial charge on any atom is 0.416 e. The Labute approximate surface area is 221 Å². The first kappa shape index (κ1) is 26.0. The Hall–Kier alpha value is -4.58. The Bertz CT molecular complexity index is 1470. The van der Waals surface area contributed by atoms with Crippen LogP contribution in [0.2, 0.25) is 0 Å². The number of anilines is 1. The van der Waals surface area contributed by atoms with Crippen LogP contribution in [-0.2, 0) is 10.9 Å². The van der Waals surface area contributed by atoms with E-state index in [1.54, 1.807) is 42.5 Å². The Morgan fingerprint density at radius 1 is 1.03 bits per heavy atom. The van der Waals surface area contributed by atoms with E-state index >= 15 is 0 Å². The van der Waals surface area contributed by atoms with Crippen molar-refractivity contribution < 1.29 is 36.9 Å². The molecule has 4 aromatic rings. The maximum atomic E-state index is 13.1. The number of ether oxygens (including phenoxy) is 4. The van der Waals surface area contributed by atoms with Gasteiger partial charge in [0, 0.05) is 23.4 Å². The molecular weight excluding hydrogens is 517 g/mol. The van der Waals surface area contributed by atoms with E-state index in [1.807, 2.05) is 6.92 Å². The minimum atomic E-state index is -4.47. The number of nitrogens with zero attached hydrogens (tertiary/aromatic N) is 3. The summed E-state index contributed by atoms with van der Waals surface area (Å²) in [6.07, 6.45) is -4.47. The lowest BCUT2D eigenvalue weighted by atomic mass is 10.1. The quantitative estimate of drug-likeness (QED) is 0.286. The van der Waals surface area contributed by atoms with E-state index in [-0.39, 0.29) is 31.1 Å². The van der Waals surface area contributed by atoms with Crippen LogP contribution < -0.4 is 19.5 Å². The molecule has 1 aliphatic rings. The number of carbonyl (C=O) groups is 1. The topological polar surface area (TPSA) is 96.7 Å². The fourth-order valence-corrected chi connectivity index (χ4v) is 3.82. The van der Waals surface area contributed by atoms with Gasteiger partial charge >= 0.3 is 12.2 Å². The lowest BCUT2D eigenvalue weighted by molar-refractivity contribution is -0.137. The SMILES string of the molecule is CCOCCOc1nc(-c2ccc(C(F)(F)F)cc2)n(-c2cccc(NC(=O)c3ccc4c(c3)OCO4)c2)n1. The molecule has 2 heterocycles. The summed E-state index contributed by atoms with van der Waals surface area (Å²) in [6, 6.07) is 16.3. The van der Waals surface area contributed by atoms with Crippen LogP contribution in [0.1, 0.15) is 22.8 Å². The fraction of sp³-hybridized carbons (Fsp3) is 0.222. The van der Waals surface area contributed by atoms with Gasteiger partial charge in [-0.3, -0.25) is 4.79 Å². The molecule has 1 amide bonds. The number of fused-ring (bicyclic) bond motifs is 1. The van der Waals surface area contributed by atoms with E-state index in [2.05, 4.69) is 15.4 Å². The summed E-state index contributed by atoms with van der Waals surface area (Å²) >= 11 is 0. The molecule has 0 spiro atoms. The van der Waals surface area contributed by atoms with Crippen LogP contribution in [0.25, 0.3) is 17.1 Å². The molecule has 202 valence electrons. The summed E-state index contributed by atoms with van der Waals surface area (Å²) in [5.74, 6) is 0.938. The maximum absolute atomic E-state index is 13.1. The molecule has 9 nitrogen and oxygen atoms in total. The van der Waals surface area contributed by atoms with Gasteiger partial charge in [-0.2, -0.15) is 18.2 Å². The van der Waals surface area contributed by atoms with Crippen molar-refractivity contribution in [1.29, 1.82) is 0 Å². The van der Waals surface area contributed by atoms with Crippen molar-refractivity contribution in [3.05, 3.63) is 77.9 Å². The monoisotopic (exact) mass is 540 g/mol. The highest BCUT2D eigenvalue weighted by molar-refractivity contribution is 6.04. The molecule has 0 aliphatic carbocycles. The lowest BCUT2D eigenvalue weighted by Gasteiger charge is -2.10. The molecule has 0 unspecified atom stereocenters. The number of halogens is 3. The van der Waals surface area contributed by atoms with Gasteiger partial charge in [0.05, 0.1) is 17.9 Å². The third-order valence-electron chi connectivity index (χ3n) is 5.70. The van der Waals surface area contributed by atoms with Crippen LogP contribution in [-0.4, -0.2) is 47.3 Å². The van der Waals surface area contributed by atoms with Crippen molar-refractivity contribution in [2.45, 2.75) is 13.1 Å². The fourth-order valence-electron chi connectivity index (χ4n) is 3.82. The zero-order valence-corrected chi connectivity index (χ0v) is 20.7. The van der Waals surface area contributed by atoms with Crippen LogP contribution in [0, 0.1) is 0 Å². The van der Waals surface area contributed by atoms with E-state index in [1.165, 1.54) is 16.8 Å². The van der Waals surface area contributed by atoms with E-state index < -0.39 is 11.7 Å². The van der Waals surface area contributed by atoms with Gasteiger partial charge in [-0.15, -0.1) is 5.10 Å². The third kappa shape index (κ3) is 5.96. The van der Waals surface area contributed by atoms with Gasteiger partial charge < -0.3 is 24.3 Å². The van der Waals surface area contributed by atoms with Gasteiger partial charge in [0.2, 0.25) is 6.79 Å². The van der Waals surface area contributed by atoms with Gasteiger partial charge in [-0.25, -0.2) is 4.68 Å². The number of nitrogens with one attached hydrogen (secondary N) is 1. The largest absolute Gasteiger partial charge is 0.460 e. The first-order valence-corrected chi connectivity index (χ1v) is 12.0. The summed E-state index contributed by atoms with van der Waals surface area (Å²) in [5.41, 5.74) is 0.952. The predicted octanol–water partition coefficient (Wildman–Crippen LogP) is 5.35. The number of amides is 1. The lowest BCUT2D eigenvalue weighted by Crippen LogP contribution is -2.12. The Morgan fingerprint density at radius 2 is 1.82 bits per heavy atom. The molecule has 1 aliphatic heterocycles. The highest BCUT2D eigenvalue weighted by Crippen LogP contribution is 2.33. The Kier molecular flexibility index (Phi) is 7.37. The molecule has 1 aromatic heterocycles. The molecule has 0 atom stereocenters. The molecule has 12 heteroatoms. The summed E-state index contributed by atoms with van der Waals surface area (Å²) in [7, 11) is 0. The van der Waals surface area contributed by atoms with Gasteiger partial charge in [0.1, 0.15) is 6.61 Å². The van der Waals surface area contributed by atoms with Crippen LogP contribution in [0.5, 0.6) is 17.5 Å². The van der Waals surface area contributed by atoms with Crippen LogP contribution >= 0.6 is 0 Å². The summed E-state index contributed by atoms with van der Waals surface area (Å²) < 4.78 is 62.2. The zero-order valence-electron chi connectivity index (χ0n) is 20.7. The molecule has 0 radical (unpaired) electrons. The first-order chi connectivity index (χ1) is 18.8. The molecule has 3 aromatic carbocycles. The van der Waals surface area contributed by atoms with Crippen LogP contribution in [0.15, 0.2) is 66.7 Å². The van der Waals surface area contributed by atoms with Crippen molar-refractivity contribution in [3.63, 3.8) is 0 Å². The average molecular weight is 540 g/mol. The van der Waals surface area contributed by atoms with E-state index in [0.717, 1.165) is 12.1 Å². The summed E-state index contributed by atoms with van der Waals surface area (Å²) in [4.78, 5) is 17.3. The molecule has 1 N–H and O–H groups in total. The number of rotatable bonds is 9. The van der Waals surface area contributed by atoms with Gasteiger partial charge in [-0.1, -0.05) is 18.2 Å². The van der Waals surface area contributed by atoms with Crippen LogP contribution in [0.4, 0.5) is 18.9 Å². The second-order valence-corrected chi connectivity index (χ2v) is 8.32. The van der Waals surface area contributed by atoms with Crippen molar-refractivity contribution in [1.82, 2.24) is 14.8 Å². The molecule has 39 heavy (non-hydrogen) atoms. The normalized spacial score (nSPS) is 12.4. The minimum Gasteiger partial charge on any atom is -0.460 e. The second-order valence-electron chi connectivity index (χ2n) is 8.32. The summed E-state index contributed by atoms with van der Waals surface area (Å²) in [6.45, 7) is 2.98. The molecule has 0 bridgehead atoms. The number of hydrogen-bond donors (Lipinski definition) is 1. The Morgan fingerprint density at radius 3 is 2.59 bits per heavy atom. The highest BCUT2D eigenvalue weighted by atomic mass is 19.4. The number of hydrogen-bond acceptors (Lipinski definition) is 7. The van der Waals surface area contributed by atoms with Crippen molar-refractivity contribution in [2.24, 2.45) is 0 Å². The molecular formula is C27H23F3N4O5. The smallest absolute Gasteiger partial charge is 0.416 e. The first-order valence-electron chi connectivity index (χ1n) is 12.0. The third-order valence-corrected chi connectivity index (χ3v) is 5.70. The molecule has 0 fully saturated rings. The number of alkyl halides is 3. The Balaban J connectivity index is 1.43. The van der Waals surface area contributed by atoms with Crippen molar-refractivity contribution in [2.75, 3.05) is 31.9 Å². The van der Waals surface area contributed by atoms with Crippen molar-refractivity contribution in [3.8, 4) is 34.6 Å². The standard InChI is InChI=1S/C27H23F3N4O5/c1-2-36-12-13-37-26-32-24(17-6-9-19(10-7-17)27(28,29)30)34(33-26)21-5-3-4-20(15-21)31-25(35)18-8-11-22-23(14-18)39-16-38-22/h3-11,14-15H,2,12-13,16H2,1H3,(H,31,35). The van der Waals surface area contributed by atoms with Crippen molar-refractivity contribution >= 4 is 11.6 Å². The summed E-state index contributed by atoms with van der Waals surface area (Å²) in [5, 5.41) is 7.23. The van der Waals surface area contributed by atoms with Gasteiger partial charge in [0.15, 0.2) is 17.3 Å². The molecule has 0 saturated heterocycles. The number of carbonyl (C=O) groups excluding carboxylic acids is 1. The predicted molar refractivity (Wildman–Crippen MR) is 134 cm³/mol. The highest BCUT2D eigenvalue weighted by Gasteiger charge is 2.30. The molecule has 0 saturated carbocycles. The number of benzene rings is 3. The second kappa shape index (κ2) is 11.0. The van der Waals surface area contributed by atoms with Gasteiger partial charge in [-0.05, 0) is 55.5 Å². The number of aromatic nitrogens is 3. The van der Waals surface area contributed by atoms with E-state index in [0.29, 0.717) is 47.2 Å². The average Bonchev–Trinajstić information content (AvgIpc) is 3.58. The molecule has 5 rings (SSSR count). The zero-order chi connectivity index (χ0) is 27.4. The van der Waals surface area contributed by atoms with E-state index in [9.17, 15) is 18.0 Å². The van der Waals surface area contributed by atoms with Gasteiger partial charge in [0.25, 0.3) is 5.91 Å². The van der Waals surface area contributed by atoms with E-state index in [4.69, 9.17) is 18.9 Å².